The van der Waals surface area contributed by atoms with Crippen LogP contribution in [-0.4, -0.2) is 41.7 Å². The number of thioether (sulfide) groups is 1. The molecular weight excluding hydrogens is 288 g/mol. The first-order valence-electron chi connectivity index (χ1n) is 7.54. The van der Waals surface area contributed by atoms with Gasteiger partial charge in [-0.05, 0) is 12.8 Å². The van der Waals surface area contributed by atoms with Gasteiger partial charge < -0.3 is 15.7 Å². The Balaban J connectivity index is 2.33. The molecule has 0 saturated heterocycles. The number of hydrogen-bond donors (Lipinski definition) is 3. The number of rotatable bonds is 8. The monoisotopic (exact) mass is 314 g/mol. The molecule has 0 aromatic rings. The van der Waals surface area contributed by atoms with Crippen LogP contribution in [0.3, 0.4) is 0 Å². The molecule has 1 rings (SSSR count). The van der Waals surface area contributed by atoms with Gasteiger partial charge >= 0.3 is 12.0 Å². The molecule has 1 aliphatic carbocycles. The fourth-order valence-electron chi connectivity index (χ4n) is 2.59. The van der Waals surface area contributed by atoms with Crippen LogP contribution in [0.2, 0.25) is 0 Å². The minimum atomic E-state index is -0.786. The number of carboxylic acid groups (broad SMARTS) is 1. The summed E-state index contributed by atoms with van der Waals surface area (Å²) in [6.07, 6.45) is 7.15. The highest BCUT2D eigenvalue weighted by atomic mass is 32.2. The fraction of sp³-hybridized carbons (Fsp3) is 0.733. The topological polar surface area (TPSA) is 78.4 Å². The van der Waals surface area contributed by atoms with Crippen LogP contribution in [0, 0.1) is 5.41 Å². The van der Waals surface area contributed by atoms with Gasteiger partial charge in [-0.1, -0.05) is 31.8 Å². The quantitative estimate of drug-likeness (QED) is 0.365. The predicted octanol–water partition coefficient (Wildman–Crippen LogP) is 2.63. The van der Waals surface area contributed by atoms with Crippen LogP contribution >= 0.6 is 11.8 Å². The molecule has 0 atom stereocenters. The lowest BCUT2D eigenvalue weighted by Gasteiger charge is -2.28. The molecule has 0 bridgehead atoms. The summed E-state index contributed by atoms with van der Waals surface area (Å²) in [5, 5.41) is 15.0. The smallest absolute Gasteiger partial charge is 0.314 e. The third kappa shape index (κ3) is 6.42. The van der Waals surface area contributed by atoms with Crippen molar-refractivity contribution in [2.24, 2.45) is 5.41 Å². The van der Waals surface area contributed by atoms with E-state index in [2.05, 4.69) is 17.2 Å². The fourth-order valence-corrected chi connectivity index (χ4v) is 3.17. The summed E-state index contributed by atoms with van der Waals surface area (Å²) in [6.45, 7) is 4.42. The average molecular weight is 314 g/mol. The zero-order valence-electron chi connectivity index (χ0n) is 12.5. The first kappa shape index (κ1) is 17.9. The molecule has 0 spiro atoms. The molecule has 0 heterocycles. The van der Waals surface area contributed by atoms with E-state index in [0.717, 1.165) is 37.2 Å². The number of carbonyl (C=O) groups is 2. The second-order valence-electron chi connectivity index (χ2n) is 5.47. The largest absolute Gasteiger partial charge is 0.481 e. The average Bonchev–Trinajstić information content (AvgIpc) is 2.71. The van der Waals surface area contributed by atoms with E-state index in [-0.39, 0.29) is 12.6 Å². The summed E-state index contributed by atoms with van der Waals surface area (Å²) in [4.78, 5) is 23.3. The molecule has 1 fully saturated rings. The summed E-state index contributed by atoms with van der Waals surface area (Å²) in [6, 6.07) is -0.279. The van der Waals surface area contributed by atoms with E-state index in [1.807, 2.05) is 6.08 Å². The van der Waals surface area contributed by atoms with E-state index in [1.165, 1.54) is 0 Å². The summed E-state index contributed by atoms with van der Waals surface area (Å²) in [7, 11) is 0. The van der Waals surface area contributed by atoms with Gasteiger partial charge in [0.05, 0.1) is 5.41 Å². The Kier molecular flexibility index (Phi) is 8.27. The Hall–Kier alpha value is -1.17. The molecule has 1 aliphatic rings. The van der Waals surface area contributed by atoms with Crippen LogP contribution in [0.15, 0.2) is 12.7 Å². The number of carbonyl (C=O) groups excluding carboxylic acids is 1. The Labute approximate surface area is 130 Å². The molecule has 0 aliphatic heterocycles. The number of nitrogens with one attached hydrogen (secondary N) is 2. The molecular formula is C15H26N2O3S. The van der Waals surface area contributed by atoms with Gasteiger partial charge in [-0.25, -0.2) is 4.79 Å². The standard InChI is InChI=1S/C15H26N2O3S/c1-2-10-21-11-9-16-14(20)17-12-15(13(18)19)7-5-3-4-6-8-15/h2H,1,3-12H2,(H,18,19)(H2,16,17,20). The second kappa shape index (κ2) is 9.71. The molecule has 0 radical (unpaired) electrons. The lowest BCUT2D eigenvalue weighted by molar-refractivity contribution is -0.149. The highest BCUT2D eigenvalue weighted by Gasteiger charge is 2.38. The first-order valence-corrected chi connectivity index (χ1v) is 8.70. The number of carboxylic acids is 1. The lowest BCUT2D eigenvalue weighted by Crippen LogP contribution is -2.46. The van der Waals surface area contributed by atoms with Gasteiger partial charge in [-0.15, -0.1) is 6.58 Å². The molecule has 2 amide bonds. The third-order valence-corrected chi connectivity index (χ3v) is 4.83. The minimum absolute atomic E-state index is 0.216. The van der Waals surface area contributed by atoms with Crippen LogP contribution in [0.4, 0.5) is 4.79 Å². The second-order valence-corrected chi connectivity index (χ2v) is 6.62. The van der Waals surface area contributed by atoms with E-state index in [9.17, 15) is 14.7 Å². The van der Waals surface area contributed by atoms with Crippen LogP contribution in [-0.2, 0) is 4.79 Å². The van der Waals surface area contributed by atoms with Crippen molar-refractivity contribution in [2.45, 2.75) is 38.5 Å². The maximum Gasteiger partial charge on any atom is 0.314 e. The van der Waals surface area contributed by atoms with Gasteiger partial charge in [0, 0.05) is 24.6 Å². The van der Waals surface area contributed by atoms with Gasteiger partial charge in [0.15, 0.2) is 0 Å². The van der Waals surface area contributed by atoms with Crippen molar-refractivity contribution in [1.29, 1.82) is 0 Å². The van der Waals surface area contributed by atoms with E-state index < -0.39 is 11.4 Å². The van der Waals surface area contributed by atoms with Crippen LogP contribution in [0.1, 0.15) is 38.5 Å². The molecule has 6 heteroatoms. The van der Waals surface area contributed by atoms with Crippen molar-refractivity contribution in [1.82, 2.24) is 10.6 Å². The zero-order valence-corrected chi connectivity index (χ0v) is 13.3. The highest BCUT2D eigenvalue weighted by Crippen LogP contribution is 2.34. The van der Waals surface area contributed by atoms with Gasteiger partial charge in [-0.2, -0.15) is 11.8 Å². The zero-order chi connectivity index (χ0) is 15.6. The minimum Gasteiger partial charge on any atom is -0.481 e. The number of urea groups is 1. The van der Waals surface area contributed by atoms with Crippen LogP contribution in [0.25, 0.3) is 0 Å². The van der Waals surface area contributed by atoms with Gasteiger partial charge in [0.2, 0.25) is 0 Å². The van der Waals surface area contributed by atoms with E-state index >= 15 is 0 Å². The van der Waals surface area contributed by atoms with E-state index in [1.54, 1.807) is 11.8 Å². The van der Waals surface area contributed by atoms with Crippen molar-refractivity contribution in [3.63, 3.8) is 0 Å². The maximum atomic E-state index is 11.7. The Morgan fingerprint density at radius 2 is 1.86 bits per heavy atom. The van der Waals surface area contributed by atoms with Crippen LogP contribution < -0.4 is 10.6 Å². The maximum absolute atomic E-state index is 11.7. The van der Waals surface area contributed by atoms with Gasteiger partial charge in [0.1, 0.15) is 0 Å². The van der Waals surface area contributed by atoms with Crippen molar-refractivity contribution in [3.05, 3.63) is 12.7 Å². The molecule has 21 heavy (non-hydrogen) atoms. The Bertz CT molecular complexity index is 353. The molecule has 0 unspecified atom stereocenters. The molecule has 0 aromatic carbocycles. The number of amides is 2. The molecule has 0 aromatic heterocycles. The molecule has 1 saturated carbocycles. The highest BCUT2D eigenvalue weighted by molar-refractivity contribution is 7.99. The summed E-state index contributed by atoms with van der Waals surface area (Å²) < 4.78 is 0. The first-order chi connectivity index (χ1) is 10.1. The predicted molar refractivity (Wildman–Crippen MR) is 86.7 cm³/mol. The number of aliphatic carboxylic acids is 1. The summed E-state index contributed by atoms with van der Waals surface area (Å²) in [5.74, 6) is 0.904. The molecule has 120 valence electrons. The van der Waals surface area contributed by atoms with E-state index in [4.69, 9.17) is 0 Å². The lowest BCUT2D eigenvalue weighted by atomic mass is 9.80. The summed E-state index contributed by atoms with van der Waals surface area (Å²) >= 11 is 1.69. The van der Waals surface area contributed by atoms with Crippen molar-refractivity contribution < 1.29 is 14.7 Å². The van der Waals surface area contributed by atoms with Gasteiger partial charge in [0.25, 0.3) is 0 Å². The van der Waals surface area contributed by atoms with Crippen molar-refractivity contribution in [2.75, 3.05) is 24.6 Å². The molecule has 5 nitrogen and oxygen atoms in total. The van der Waals surface area contributed by atoms with Crippen molar-refractivity contribution in [3.8, 4) is 0 Å². The summed E-state index contributed by atoms with van der Waals surface area (Å²) in [5.41, 5.74) is -0.786. The Morgan fingerprint density at radius 3 is 2.43 bits per heavy atom. The number of hydrogen-bond acceptors (Lipinski definition) is 3. The molecule has 3 N–H and O–H groups in total. The van der Waals surface area contributed by atoms with Gasteiger partial charge in [-0.3, -0.25) is 4.79 Å². The van der Waals surface area contributed by atoms with Crippen LogP contribution in [0.5, 0.6) is 0 Å². The van der Waals surface area contributed by atoms with E-state index in [0.29, 0.717) is 19.4 Å². The normalized spacial score (nSPS) is 17.5. The van der Waals surface area contributed by atoms with Crippen molar-refractivity contribution >= 4 is 23.8 Å². The Morgan fingerprint density at radius 1 is 1.19 bits per heavy atom. The third-order valence-electron chi connectivity index (χ3n) is 3.87. The SMILES string of the molecule is C=CCSCCNC(=O)NCC1(C(=O)O)CCCCCC1.